The summed E-state index contributed by atoms with van der Waals surface area (Å²) in [4.78, 5) is 23.8. The Balaban J connectivity index is 1.43. The lowest BCUT2D eigenvalue weighted by atomic mass is 10.1. The number of carbonyl (C=O) groups is 2. The Hall–Kier alpha value is -4.35. The number of carbonyl (C=O) groups excluding carboxylic acids is 2. The molecule has 0 atom stereocenters. The van der Waals surface area contributed by atoms with Crippen LogP contribution in [0.15, 0.2) is 60.9 Å². The summed E-state index contributed by atoms with van der Waals surface area (Å²) >= 11 is 12.3. The summed E-state index contributed by atoms with van der Waals surface area (Å²) < 4.78 is 6.05. The molecule has 0 fully saturated rings. The lowest BCUT2D eigenvalue weighted by molar-refractivity contribution is -0.116. The van der Waals surface area contributed by atoms with Crippen molar-refractivity contribution < 1.29 is 14.3 Å². The van der Waals surface area contributed by atoms with Gasteiger partial charge in [0.25, 0.3) is 0 Å². The van der Waals surface area contributed by atoms with Gasteiger partial charge in [-0.15, -0.1) is 10.2 Å². The predicted octanol–water partition coefficient (Wildman–Crippen LogP) is 3.93. The highest BCUT2D eigenvalue weighted by atomic mass is 35.5. The second-order valence-corrected chi connectivity index (χ2v) is 8.04. The highest BCUT2D eigenvalue weighted by Crippen LogP contribution is 2.27. The van der Waals surface area contributed by atoms with Gasteiger partial charge in [-0.2, -0.15) is 9.78 Å². The van der Waals surface area contributed by atoms with Crippen molar-refractivity contribution in [1.29, 1.82) is 0 Å². The molecule has 4 aromatic rings. The molecule has 2 aromatic heterocycles. The van der Waals surface area contributed by atoms with Crippen LogP contribution in [0.2, 0.25) is 10.2 Å². The van der Waals surface area contributed by atoms with Crippen molar-refractivity contribution in [3.05, 3.63) is 82.4 Å². The zero-order chi connectivity index (χ0) is 25.5. The minimum Gasteiger partial charge on any atom is -0.453 e. The number of nitrogens with one attached hydrogen (secondary N) is 2. The first-order chi connectivity index (χ1) is 17.4. The molecule has 36 heavy (non-hydrogen) atoms. The average molecular weight is 525 g/mol. The molecule has 0 saturated heterocycles. The molecular weight excluding hydrogens is 507 g/mol. The van der Waals surface area contributed by atoms with Crippen LogP contribution in [0.1, 0.15) is 11.3 Å². The zero-order valence-electron chi connectivity index (χ0n) is 18.7. The van der Waals surface area contributed by atoms with E-state index in [1.165, 1.54) is 24.2 Å². The molecule has 2 amide bonds. The number of amides is 2. The third-order valence-corrected chi connectivity index (χ3v) is 5.38. The Labute approximate surface area is 215 Å². The normalized spacial score (nSPS) is 10.9. The second kappa shape index (κ2) is 11.4. The first-order valence-corrected chi connectivity index (χ1v) is 11.1. The second-order valence-electron chi connectivity index (χ2n) is 7.24. The van der Waals surface area contributed by atoms with Gasteiger partial charge in [0.05, 0.1) is 25.0 Å². The smallest absolute Gasteiger partial charge is 0.411 e. The van der Waals surface area contributed by atoms with E-state index in [0.717, 1.165) is 5.56 Å². The number of hydrogen-bond acceptors (Lipinski definition) is 8. The number of benzene rings is 2. The Bertz CT molecular complexity index is 1410. The first kappa shape index (κ1) is 24.8. The van der Waals surface area contributed by atoms with E-state index in [9.17, 15) is 9.59 Å². The molecule has 0 spiro atoms. The number of methoxy groups -OCH3 is 1. The summed E-state index contributed by atoms with van der Waals surface area (Å²) in [6, 6.07) is 13.8. The molecule has 2 heterocycles. The van der Waals surface area contributed by atoms with Crippen LogP contribution in [0.4, 0.5) is 10.5 Å². The van der Waals surface area contributed by atoms with Gasteiger partial charge in [-0.1, -0.05) is 35.3 Å². The van der Waals surface area contributed by atoms with Gasteiger partial charge in [0.1, 0.15) is 6.33 Å². The van der Waals surface area contributed by atoms with E-state index < -0.39 is 6.09 Å². The van der Waals surface area contributed by atoms with Crippen molar-refractivity contribution in [1.82, 2.24) is 35.7 Å². The number of rotatable bonds is 7. The molecule has 182 valence electrons. The van der Waals surface area contributed by atoms with Crippen LogP contribution in [0.5, 0.6) is 0 Å². The number of tetrazole rings is 1. The van der Waals surface area contributed by atoms with E-state index in [4.69, 9.17) is 23.2 Å². The van der Waals surface area contributed by atoms with Gasteiger partial charge < -0.3 is 10.1 Å². The van der Waals surface area contributed by atoms with E-state index in [1.807, 2.05) is 0 Å². The van der Waals surface area contributed by atoms with Gasteiger partial charge in [0, 0.05) is 27.9 Å². The van der Waals surface area contributed by atoms with Gasteiger partial charge >= 0.3 is 6.09 Å². The monoisotopic (exact) mass is 524 g/mol. The van der Waals surface area contributed by atoms with Crippen LogP contribution in [0, 0.1) is 0 Å². The standard InChI is InChI=1S/C23H18Cl2N8O3/c1-36-23(35)28-17-6-2-14(3-7-17)19-11-18(29-30-22(19)25)12-26-21(34)9-4-15-10-16(24)5-8-20(15)33-13-27-31-32-33/h2-11,13H,12H2,1H3,(H,26,34)(H,28,35)/b9-4+. The van der Waals surface area contributed by atoms with Crippen molar-refractivity contribution in [2.75, 3.05) is 12.4 Å². The molecule has 0 aliphatic heterocycles. The Morgan fingerprint density at radius 3 is 2.61 bits per heavy atom. The summed E-state index contributed by atoms with van der Waals surface area (Å²) in [5, 5.41) is 25.2. The predicted molar refractivity (Wildman–Crippen MR) is 134 cm³/mol. The van der Waals surface area contributed by atoms with E-state index in [1.54, 1.807) is 54.6 Å². The van der Waals surface area contributed by atoms with E-state index in [2.05, 4.69) is 41.1 Å². The van der Waals surface area contributed by atoms with Gasteiger partial charge in [-0.05, 0) is 58.5 Å². The van der Waals surface area contributed by atoms with Gasteiger partial charge in [-0.25, -0.2) is 4.79 Å². The van der Waals surface area contributed by atoms with Gasteiger partial charge in [0.2, 0.25) is 5.91 Å². The summed E-state index contributed by atoms with van der Waals surface area (Å²) in [5.41, 5.74) is 3.77. The molecule has 0 radical (unpaired) electrons. The van der Waals surface area contributed by atoms with Crippen molar-refractivity contribution >= 4 is 47.0 Å². The molecule has 11 nitrogen and oxygen atoms in total. The molecule has 2 N–H and O–H groups in total. The van der Waals surface area contributed by atoms with Crippen molar-refractivity contribution in [2.24, 2.45) is 0 Å². The first-order valence-electron chi connectivity index (χ1n) is 10.4. The van der Waals surface area contributed by atoms with E-state index in [-0.39, 0.29) is 17.6 Å². The minimum absolute atomic E-state index is 0.123. The van der Waals surface area contributed by atoms with Crippen molar-refractivity contribution in [3.8, 4) is 16.8 Å². The molecule has 13 heteroatoms. The lowest BCUT2D eigenvalue weighted by Gasteiger charge is -2.08. The molecule has 0 aliphatic carbocycles. The molecule has 4 rings (SSSR count). The average Bonchev–Trinajstić information content (AvgIpc) is 3.42. The maximum absolute atomic E-state index is 12.4. The van der Waals surface area contributed by atoms with Crippen LogP contribution < -0.4 is 10.6 Å². The lowest BCUT2D eigenvalue weighted by Crippen LogP contribution is -2.21. The van der Waals surface area contributed by atoms with Gasteiger partial charge in [0.15, 0.2) is 5.15 Å². The number of hydrogen-bond donors (Lipinski definition) is 2. The summed E-state index contributed by atoms with van der Waals surface area (Å²) in [5.74, 6) is -0.353. The molecule has 2 aromatic carbocycles. The molecule has 0 aliphatic rings. The number of aromatic nitrogens is 6. The summed E-state index contributed by atoms with van der Waals surface area (Å²) in [6.45, 7) is 0.123. The Morgan fingerprint density at radius 1 is 1.08 bits per heavy atom. The van der Waals surface area contributed by atoms with Crippen molar-refractivity contribution in [3.63, 3.8) is 0 Å². The molecular formula is C23H18Cl2N8O3. The minimum atomic E-state index is -0.569. The number of anilines is 1. The highest BCUT2D eigenvalue weighted by Gasteiger charge is 2.10. The third-order valence-electron chi connectivity index (χ3n) is 4.87. The van der Waals surface area contributed by atoms with Crippen LogP contribution in [0.25, 0.3) is 22.9 Å². The van der Waals surface area contributed by atoms with E-state index >= 15 is 0 Å². The van der Waals surface area contributed by atoms with E-state index in [0.29, 0.717) is 33.2 Å². The zero-order valence-corrected chi connectivity index (χ0v) is 20.2. The number of halogens is 2. The summed E-state index contributed by atoms with van der Waals surface area (Å²) in [6.07, 6.45) is 3.86. The Morgan fingerprint density at radius 2 is 1.89 bits per heavy atom. The molecule has 0 saturated carbocycles. The van der Waals surface area contributed by atoms with Crippen LogP contribution >= 0.6 is 23.2 Å². The van der Waals surface area contributed by atoms with Crippen LogP contribution in [-0.4, -0.2) is 49.5 Å². The topological polar surface area (TPSA) is 137 Å². The maximum atomic E-state index is 12.4. The van der Waals surface area contributed by atoms with Crippen LogP contribution in [0.3, 0.4) is 0 Å². The van der Waals surface area contributed by atoms with Gasteiger partial charge in [-0.3, -0.25) is 10.1 Å². The summed E-state index contributed by atoms with van der Waals surface area (Å²) in [7, 11) is 1.29. The number of ether oxygens (including phenoxy) is 1. The highest BCUT2D eigenvalue weighted by molar-refractivity contribution is 6.32. The quantitative estimate of drug-likeness (QED) is 0.347. The fourth-order valence-electron chi connectivity index (χ4n) is 3.15. The molecule has 0 bridgehead atoms. The Kier molecular flexibility index (Phi) is 7.83. The SMILES string of the molecule is COC(=O)Nc1ccc(-c2cc(CNC(=O)/C=C/c3cc(Cl)ccc3-n3cnnn3)nnc2Cl)cc1. The molecule has 0 unspecified atom stereocenters. The maximum Gasteiger partial charge on any atom is 0.411 e. The van der Waals surface area contributed by atoms with Crippen LogP contribution in [-0.2, 0) is 16.1 Å². The largest absolute Gasteiger partial charge is 0.453 e. The third kappa shape index (κ3) is 6.20. The van der Waals surface area contributed by atoms with Crippen molar-refractivity contribution in [2.45, 2.75) is 6.54 Å². The fraction of sp³-hybridized carbons (Fsp3) is 0.0870. The number of nitrogens with zero attached hydrogens (tertiary/aromatic N) is 6. The fourth-order valence-corrected chi connectivity index (χ4v) is 3.53.